The van der Waals surface area contributed by atoms with Gasteiger partial charge < -0.3 is 51.8 Å². The van der Waals surface area contributed by atoms with Crippen LogP contribution in [0.2, 0.25) is 0 Å². The van der Waals surface area contributed by atoms with Crippen LogP contribution in [0.25, 0.3) is 0 Å². The molecule has 0 radical (unpaired) electrons. The summed E-state index contributed by atoms with van der Waals surface area (Å²) in [7, 11) is 1.59. The molecule has 1 heterocycles. The van der Waals surface area contributed by atoms with Crippen LogP contribution in [0.4, 0.5) is 0 Å². The van der Waals surface area contributed by atoms with Crippen molar-refractivity contribution >= 4 is 0 Å². The Morgan fingerprint density at radius 1 is 1.13 bits per heavy atom. The third-order valence-electron chi connectivity index (χ3n) is 4.61. The smallest absolute Gasteiger partial charge is 0.176 e. The molecule has 2 aliphatic rings. The molecule has 10 atom stereocenters. The molecule has 2 fully saturated rings. The molecular weight excluding hydrogens is 310 g/mol. The minimum absolute atomic E-state index is 0.198. The zero-order valence-electron chi connectivity index (χ0n) is 12.9. The standard InChI is InChI=1S/C13H27N3O7/c1-16-8-5(18)2-4(14)12(11(8)21)23-13-7(15)10(20)9(19)6(3-17)22-13/h4-13,16-21H,2-3,14-15H2,1H3/t4-,5+,6+,7+,8-,9+,10+,11+,12+,13+/m0/s1. The maximum absolute atomic E-state index is 10.3. The molecule has 0 amide bonds. The Balaban J connectivity index is 2.10. The summed E-state index contributed by atoms with van der Waals surface area (Å²) < 4.78 is 11.0. The molecule has 2 rings (SSSR count). The summed E-state index contributed by atoms with van der Waals surface area (Å²) in [6.07, 6.45) is -7.56. The lowest BCUT2D eigenvalue weighted by Crippen LogP contribution is -2.67. The van der Waals surface area contributed by atoms with Gasteiger partial charge in [0.2, 0.25) is 0 Å². The van der Waals surface area contributed by atoms with E-state index in [4.69, 9.17) is 20.9 Å². The first-order chi connectivity index (χ1) is 10.8. The molecule has 1 saturated heterocycles. The Morgan fingerprint density at radius 3 is 2.35 bits per heavy atom. The Morgan fingerprint density at radius 2 is 1.78 bits per heavy atom. The summed E-state index contributed by atoms with van der Waals surface area (Å²) in [6.45, 7) is -0.526. The Hall–Kier alpha value is -0.400. The van der Waals surface area contributed by atoms with Crippen molar-refractivity contribution in [3.05, 3.63) is 0 Å². The summed E-state index contributed by atoms with van der Waals surface area (Å²) in [4.78, 5) is 0. The van der Waals surface area contributed by atoms with E-state index in [0.717, 1.165) is 0 Å². The minimum atomic E-state index is -1.35. The van der Waals surface area contributed by atoms with Gasteiger partial charge in [-0.3, -0.25) is 0 Å². The van der Waals surface area contributed by atoms with Crippen LogP contribution in [-0.4, -0.2) is 100 Å². The summed E-state index contributed by atoms with van der Waals surface area (Å²) in [5, 5.41) is 52.0. The van der Waals surface area contributed by atoms with Gasteiger partial charge in [-0.2, -0.15) is 0 Å². The number of hydrogen-bond donors (Lipinski definition) is 8. The lowest BCUT2D eigenvalue weighted by Gasteiger charge is -2.46. The highest BCUT2D eigenvalue weighted by Crippen LogP contribution is 2.27. The van der Waals surface area contributed by atoms with Gasteiger partial charge in [0.05, 0.1) is 30.9 Å². The summed E-state index contributed by atoms with van der Waals surface area (Å²) in [5.74, 6) is 0. The molecule has 136 valence electrons. The highest BCUT2D eigenvalue weighted by molar-refractivity contribution is 5.00. The van der Waals surface area contributed by atoms with Crippen molar-refractivity contribution in [2.45, 2.75) is 67.5 Å². The van der Waals surface area contributed by atoms with E-state index in [9.17, 15) is 25.5 Å². The molecule has 1 saturated carbocycles. The Bertz CT molecular complexity index is 389. The third-order valence-corrected chi connectivity index (χ3v) is 4.61. The highest BCUT2D eigenvalue weighted by Gasteiger charge is 2.48. The highest BCUT2D eigenvalue weighted by atomic mass is 16.7. The molecule has 0 unspecified atom stereocenters. The second-order valence-corrected chi connectivity index (χ2v) is 6.16. The quantitative estimate of drug-likeness (QED) is 0.247. The van der Waals surface area contributed by atoms with Crippen LogP contribution in [0.1, 0.15) is 6.42 Å². The summed E-state index contributed by atoms with van der Waals surface area (Å²) in [5.41, 5.74) is 11.7. The van der Waals surface area contributed by atoms with E-state index in [-0.39, 0.29) is 6.42 Å². The van der Waals surface area contributed by atoms with Crippen molar-refractivity contribution in [3.8, 4) is 0 Å². The van der Waals surface area contributed by atoms with Crippen LogP contribution in [-0.2, 0) is 9.47 Å². The van der Waals surface area contributed by atoms with Gasteiger partial charge in [0.15, 0.2) is 6.29 Å². The second kappa shape index (κ2) is 7.66. The van der Waals surface area contributed by atoms with Crippen molar-refractivity contribution in [3.63, 3.8) is 0 Å². The van der Waals surface area contributed by atoms with Gasteiger partial charge in [0, 0.05) is 6.04 Å². The van der Waals surface area contributed by atoms with Crippen LogP contribution in [0, 0.1) is 0 Å². The molecule has 10 heteroatoms. The molecule has 0 aromatic rings. The first-order valence-corrected chi connectivity index (χ1v) is 7.64. The Kier molecular flexibility index (Phi) is 6.30. The van der Waals surface area contributed by atoms with Gasteiger partial charge in [-0.1, -0.05) is 0 Å². The fourth-order valence-corrected chi connectivity index (χ4v) is 3.17. The predicted molar refractivity (Wildman–Crippen MR) is 78.1 cm³/mol. The van der Waals surface area contributed by atoms with Crippen LogP contribution in [0.5, 0.6) is 0 Å². The minimum Gasteiger partial charge on any atom is -0.394 e. The van der Waals surface area contributed by atoms with Crippen molar-refractivity contribution in [2.24, 2.45) is 11.5 Å². The average Bonchev–Trinajstić information content (AvgIpc) is 2.51. The van der Waals surface area contributed by atoms with Crippen molar-refractivity contribution in [1.29, 1.82) is 0 Å². The second-order valence-electron chi connectivity index (χ2n) is 6.16. The molecule has 1 aliphatic carbocycles. The molecule has 10 nitrogen and oxygen atoms in total. The first kappa shape index (κ1) is 18.9. The largest absolute Gasteiger partial charge is 0.394 e. The average molecular weight is 337 g/mol. The third kappa shape index (κ3) is 3.66. The molecule has 0 spiro atoms. The van der Waals surface area contributed by atoms with Crippen LogP contribution in [0.3, 0.4) is 0 Å². The first-order valence-electron chi connectivity index (χ1n) is 7.64. The topological polar surface area (TPSA) is 184 Å². The number of rotatable bonds is 4. The van der Waals surface area contributed by atoms with E-state index in [1.807, 2.05) is 0 Å². The molecule has 0 aromatic carbocycles. The SMILES string of the molecule is CN[C@@H]1[C@@H](O)[C@H](O[C@H]2O[C@H](CO)[C@@H](O)[C@H](O)[C@H]2N)[C@@H](N)C[C@H]1O. The fraction of sp³-hybridized carbons (Fsp3) is 1.00. The molecule has 10 N–H and O–H groups in total. The zero-order valence-corrected chi connectivity index (χ0v) is 12.9. The van der Waals surface area contributed by atoms with Gasteiger partial charge in [-0.25, -0.2) is 0 Å². The van der Waals surface area contributed by atoms with E-state index in [0.29, 0.717) is 0 Å². The number of nitrogens with two attached hydrogens (primary N) is 2. The number of ether oxygens (including phenoxy) is 2. The maximum Gasteiger partial charge on any atom is 0.176 e. The van der Waals surface area contributed by atoms with E-state index >= 15 is 0 Å². The number of hydrogen-bond acceptors (Lipinski definition) is 10. The normalized spacial score (nSPS) is 51.7. The van der Waals surface area contributed by atoms with E-state index in [1.54, 1.807) is 7.05 Å². The lowest BCUT2D eigenvalue weighted by atomic mass is 9.84. The molecular formula is C13H27N3O7. The van der Waals surface area contributed by atoms with Crippen LogP contribution < -0.4 is 16.8 Å². The number of aliphatic hydroxyl groups excluding tert-OH is 5. The van der Waals surface area contributed by atoms with Gasteiger partial charge in [0.1, 0.15) is 24.4 Å². The number of likely N-dealkylation sites (N-methyl/N-ethyl adjacent to an activating group) is 1. The van der Waals surface area contributed by atoms with Gasteiger partial charge >= 0.3 is 0 Å². The summed E-state index contributed by atoms with van der Waals surface area (Å²) >= 11 is 0. The summed E-state index contributed by atoms with van der Waals surface area (Å²) in [6, 6.07) is -2.38. The van der Waals surface area contributed by atoms with Gasteiger partial charge in [-0.15, -0.1) is 0 Å². The monoisotopic (exact) mass is 337 g/mol. The van der Waals surface area contributed by atoms with Gasteiger partial charge in [0.25, 0.3) is 0 Å². The fourth-order valence-electron chi connectivity index (χ4n) is 3.17. The molecule has 1 aliphatic heterocycles. The van der Waals surface area contributed by atoms with Crippen molar-refractivity contribution in [2.75, 3.05) is 13.7 Å². The number of aliphatic hydroxyl groups is 5. The molecule has 23 heavy (non-hydrogen) atoms. The zero-order chi connectivity index (χ0) is 17.3. The number of nitrogens with one attached hydrogen (secondary N) is 1. The van der Waals surface area contributed by atoms with Crippen LogP contribution >= 0.6 is 0 Å². The molecule has 0 bridgehead atoms. The van der Waals surface area contributed by atoms with E-state index < -0.39 is 67.6 Å². The lowest BCUT2D eigenvalue weighted by molar-refractivity contribution is -0.292. The predicted octanol–water partition coefficient (Wildman–Crippen LogP) is -4.82. The van der Waals surface area contributed by atoms with E-state index in [2.05, 4.69) is 5.32 Å². The van der Waals surface area contributed by atoms with Gasteiger partial charge in [-0.05, 0) is 13.5 Å². The van der Waals surface area contributed by atoms with Crippen molar-refractivity contribution < 1.29 is 35.0 Å². The molecule has 0 aromatic heterocycles. The van der Waals surface area contributed by atoms with E-state index in [1.165, 1.54) is 0 Å². The maximum atomic E-state index is 10.3. The van der Waals surface area contributed by atoms with Crippen molar-refractivity contribution in [1.82, 2.24) is 5.32 Å². The Labute approximate surface area is 134 Å². The van der Waals surface area contributed by atoms with Crippen LogP contribution in [0.15, 0.2) is 0 Å².